The summed E-state index contributed by atoms with van der Waals surface area (Å²) in [7, 11) is 0. The molecular weight excluding hydrogens is 244 g/mol. The molecule has 0 aliphatic heterocycles. The number of rotatable bonds is 0. The van der Waals surface area contributed by atoms with Gasteiger partial charge in [0, 0.05) is 0 Å². The summed E-state index contributed by atoms with van der Waals surface area (Å²) in [5.41, 5.74) is 1.05. The van der Waals surface area contributed by atoms with Gasteiger partial charge in [-0.15, -0.1) is 0 Å². The zero-order chi connectivity index (χ0) is 14.0. The van der Waals surface area contributed by atoms with Crippen LogP contribution >= 0.6 is 0 Å². The fourth-order valence-corrected chi connectivity index (χ4v) is 6.72. The topological polar surface area (TPSA) is 20.2 Å². The standard InChI is InChI=1S/C19H30O/c1-18-9-3-4-16(18)15-6-5-13-12-14(20)7-11-19(13,2)17(15)8-10-18/h3,9,13-17,20H,4-8,10-12H2,1-2H3/t13-,14?,15-,16-,17-,18-,19-/m0/s1. The van der Waals surface area contributed by atoms with Gasteiger partial charge in [0.05, 0.1) is 6.10 Å². The van der Waals surface area contributed by atoms with Crippen molar-refractivity contribution in [2.24, 2.45) is 34.5 Å². The minimum Gasteiger partial charge on any atom is -0.393 e. The molecule has 0 spiro atoms. The van der Waals surface area contributed by atoms with Crippen molar-refractivity contribution < 1.29 is 5.11 Å². The second-order valence-corrected chi connectivity index (χ2v) is 8.77. The second-order valence-electron chi connectivity index (χ2n) is 8.77. The summed E-state index contributed by atoms with van der Waals surface area (Å²) in [6.07, 6.45) is 15.4. The van der Waals surface area contributed by atoms with Crippen molar-refractivity contribution in [1.82, 2.24) is 0 Å². The Kier molecular flexibility index (Phi) is 2.91. The molecule has 0 saturated heterocycles. The number of aliphatic hydroxyl groups excluding tert-OH is 1. The molecule has 7 atom stereocenters. The van der Waals surface area contributed by atoms with Crippen LogP contribution in [-0.4, -0.2) is 11.2 Å². The largest absolute Gasteiger partial charge is 0.393 e. The van der Waals surface area contributed by atoms with Crippen LogP contribution in [0.3, 0.4) is 0 Å². The average molecular weight is 274 g/mol. The van der Waals surface area contributed by atoms with Gasteiger partial charge in [-0.05, 0) is 85.9 Å². The van der Waals surface area contributed by atoms with E-state index in [-0.39, 0.29) is 6.10 Å². The van der Waals surface area contributed by atoms with Gasteiger partial charge in [0.2, 0.25) is 0 Å². The minimum absolute atomic E-state index is 0.00775. The summed E-state index contributed by atoms with van der Waals surface area (Å²) >= 11 is 0. The van der Waals surface area contributed by atoms with Crippen LogP contribution < -0.4 is 0 Å². The average Bonchev–Trinajstić information content (AvgIpc) is 2.81. The van der Waals surface area contributed by atoms with E-state index in [1.54, 1.807) is 0 Å². The molecule has 1 nitrogen and oxygen atoms in total. The summed E-state index contributed by atoms with van der Waals surface area (Å²) in [6.45, 7) is 5.09. The lowest BCUT2D eigenvalue weighted by Gasteiger charge is -2.60. The third kappa shape index (κ3) is 1.71. The molecule has 0 aromatic rings. The molecule has 0 heterocycles. The predicted molar refractivity (Wildman–Crippen MR) is 82.3 cm³/mol. The van der Waals surface area contributed by atoms with E-state index in [2.05, 4.69) is 26.0 Å². The molecule has 0 aromatic heterocycles. The maximum Gasteiger partial charge on any atom is 0.0543 e. The normalized spacial score (nSPS) is 57.9. The Morgan fingerprint density at radius 2 is 1.85 bits per heavy atom. The number of fused-ring (bicyclic) bond motifs is 5. The monoisotopic (exact) mass is 274 g/mol. The third-order valence-electron chi connectivity index (χ3n) is 7.96. The first-order valence-electron chi connectivity index (χ1n) is 8.89. The summed E-state index contributed by atoms with van der Waals surface area (Å²) in [4.78, 5) is 0. The van der Waals surface area contributed by atoms with Crippen molar-refractivity contribution in [2.75, 3.05) is 0 Å². The fraction of sp³-hybridized carbons (Fsp3) is 0.895. The van der Waals surface area contributed by atoms with Gasteiger partial charge in [-0.3, -0.25) is 0 Å². The molecule has 1 N–H and O–H groups in total. The Morgan fingerprint density at radius 1 is 1.00 bits per heavy atom. The van der Waals surface area contributed by atoms with Crippen molar-refractivity contribution in [3.05, 3.63) is 12.2 Å². The van der Waals surface area contributed by atoms with Crippen LogP contribution in [0.15, 0.2) is 12.2 Å². The highest BCUT2D eigenvalue weighted by atomic mass is 16.3. The van der Waals surface area contributed by atoms with Crippen molar-refractivity contribution in [1.29, 1.82) is 0 Å². The molecule has 0 aromatic carbocycles. The Balaban J connectivity index is 1.63. The van der Waals surface area contributed by atoms with Gasteiger partial charge >= 0.3 is 0 Å². The second kappa shape index (κ2) is 4.35. The molecule has 3 saturated carbocycles. The SMILES string of the molecule is C[C@]12CCC(O)C[C@@H]1CC[C@@H]1[C@@H]2CC[C@]2(C)C=CC[C@@H]12. The molecular formula is C19H30O. The first-order chi connectivity index (χ1) is 9.53. The molecule has 0 amide bonds. The molecule has 112 valence electrons. The highest BCUT2D eigenvalue weighted by Crippen LogP contribution is 2.64. The van der Waals surface area contributed by atoms with Crippen LogP contribution in [-0.2, 0) is 0 Å². The van der Waals surface area contributed by atoms with E-state index in [9.17, 15) is 5.11 Å². The highest BCUT2D eigenvalue weighted by molar-refractivity contribution is 5.16. The first kappa shape index (κ1) is 13.4. The number of hydrogen-bond acceptors (Lipinski definition) is 1. The Bertz CT molecular complexity index is 427. The van der Waals surface area contributed by atoms with Gasteiger partial charge in [0.15, 0.2) is 0 Å². The van der Waals surface area contributed by atoms with Gasteiger partial charge in [0.1, 0.15) is 0 Å². The van der Waals surface area contributed by atoms with E-state index in [1.165, 1.54) is 38.5 Å². The third-order valence-corrected chi connectivity index (χ3v) is 7.96. The van der Waals surface area contributed by atoms with E-state index in [0.29, 0.717) is 10.8 Å². The maximum absolute atomic E-state index is 10.0. The van der Waals surface area contributed by atoms with Crippen LogP contribution in [0.2, 0.25) is 0 Å². The van der Waals surface area contributed by atoms with Gasteiger partial charge in [-0.2, -0.15) is 0 Å². The van der Waals surface area contributed by atoms with Crippen molar-refractivity contribution >= 4 is 0 Å². The van der Waals surface area contributed by atoms with Gasteiger partial charge in [-0.1, -0.05) is 26.0 Å². The lowest BCUT2D eigenvalue weighted by Crippen LogP contribution is -2.53. The number of aliphatic hydroxyl groups is 1. The van der Waals surface area contributed by atoms with Crippen molar-refractivity contribution in [3.63, 3.8) is 0 Å². The summed E-state index contributed by atoms with van der Waals surface area (Å²) in [6, 6.07) is 0. The van der Waals surface area contributed by atoms with Crippen LogP contribution in [0, 0.1) is 34.5 Å². The summed E-state index contributed by atoms with van der Waals surface area (Å²) in [5.74, 6) is 3.61. The maximum atomic E-state index is 10.0. The molecule has 1 unspecified atom stereocenters. The molecule has 4 aliphatic carbocycles. The minimum atomic E-state index is -0.00775. The van der Waals surface area contributed by atoms with Crippen LogP contribution in [0.1, 0.15) is 65.2 Å². The smallest absolute Gasteiger partial charge is 0.0543 e. The molecule has 20 heavy (non-hydrogen) atoms. The molecule has 3 fully saturated rings. The van der Waals surface area contributed by atoms with E-state index < -0.39 is 0 Å². The quantitative estimate of drug-likeness (QED) is 0.642. The van der Waals surface area contributed by atoms with Crippen LogP contribution in [0.4, 0.5) is 0 Å². The molecule has 4 aliphatic rings. The zero-order valence-electron chi connectivity index (χ0n) is 13.1. The molecule has 0 radical (unpaired) electrons. The molecule has 0 bridgehead atoms. The van der Waals surface area contributed by atoms with E-state index in [0.717, 1.165) is 36.5 Å². The first-order valence-corrected chi connectivity index (χ1v) is 8.89. The lowest BCUT2D eigenvalue weighted by atomic mass is 9.45. The number of allylic oxidation sites excluding steroid dienone is 2. The van der Waals surface area contributed by atoms with E-state index in [4.69, 9.17) is 0 Å². The lowest BCUT2D eigenvalue weighted by molar-refractivity contribution is -0.116. The van der Waals surface area contributed by atoms with E-state index >= 15 is 0 Å². The van der Waals surface area contributed by atoms with Crippen molar-refractivity contribution in [3.8, 4) is 0 Å². The van der Waals surface area contributed by atoms with Gasteiger partial charge in [-0.25, -0.2) is 0 Å². The van der Waals surface area contributed by atoms with Crippen LogP contribution in [0.25, 0.3) is 0 Å². The summed E-state index contributed by atoms with van der Waals surface area (Å²) in [5, 5.41) is 10.0. The van der Waals surface area contributed by atoms with Crippen LogP contribution in [0.5, 0.6) is 0 Å². The molecule has 1 heteroatoms. The molecule has 4 rings (SSSR count). The Morgan fingerprint density at radius 3 is 2.70 bits per heavy atom. The van der Waals surface area contributed by atoms with Gasteiger partial charge in [0.25, 0.3) is 0 Å². The zero-order valence-corrected chi connectivity index (χ0v) is 13.1. The fourth-order valence-electron chi connectivity index (χ4n) is 6.72. The Hall–Kier alpha value is -0.300. The van der Waals surface area contributed by atoms with Gasteiger partial charge < -0.3 is 5.11 Å². The van der Waals surface area contributed by atoms with E-state index in [1.807, 2.05) is 0 Å². The highest BCUT2D eigenvalue weighted by Gasteiger charge is 2.56. The van der Waals surface area contributed by atoms with Crippen molar-refractivity contribution in [2.45, 2.75) is 71.3 Å². The predicted octanol–water partition coefficient (Wildman–Crippen LogP) is 4.56. The summed E-state index contributed by atoms with van der Waals surface area (Å²) < 4.78 is 0. The Labute approximate surface area is 123 Å². The number of hydrogen-bond donors (Lipinski definition) is 1.